The number of carbonyl (C=O) groups excluding carboxylic acids is 1. The molecule has 0 aliphatic carbocycles. The molecule has 2 aromatic rings. The number of rotatable bonds is 5. The molecule has 8 nitrogen and oxygen atoms in total. The van der Waals surface area contributed by atoms with Crippen molar-refractivity contribution in [1.29, 1.82) is 0 Å². The van der Waals surface area contributed by atoms with Gasteiger partial charge in [-0.3, -0.25) is 10.1 Å². The Morgan fingerprint density at radius 2 is 1.92 bits per heavy atom. The Morgan fingerprint density at radius 3 is 2.58 bits per heavy atom. The predicted octanol–water partition coefficient (Wildman–Crippen LogP) is 3.39. The first kappa shape index (κ1) is 17.8. The number of carbonyl (C=O) groups is 1. The van der Waals surface area contributed by atoms with E-state index >= 15 is 0 Å². The van der Waals surface area contributed by atoms with Gasteiger partial charge in [-0.1, -0.05) is 11.6 Å². The van der Waals surface area contributed by atoms with Crippen LogP contribution in [0.5, 0.6) is 17.2 Å². The summed E-state index contributed by atoms with van der Waals surface area (Å²) < 4.78 is 21.1. The standard InChI is InChI=1S/C17H14ClNO7/c1-23-14-3-2-11(18)6-10(14)9-26-17(20)12-7-15-16(25-5-4-24-15)8-13(12)19(21)22/h2-3,6-8H,4-5,9H2,1H3. The zero-order valence-electron chi connectivity index (χ0n) is 13.7. The first-order valence-electron chi connectivity index (χ1n) is 7.57. The molecule has 2 aromatic carbocycles. The van der Waals surface area contributed by atoms with Crippen LogP contribution in [0.1, 0.15) is 15.9 Å². The zero-order chi connectivity index (χ0) is 18.7. The number of fused-ring (bicyclic) bond motifs is 1. The highest BCUT2D eigenvalue weighted by atomic mass is 35.5. The summed E-state index contributed by atoms with van der Waals surface area (Å²) in [5, 5.41) is 11.7. The summed E-state index contributed by atoms with van der Waals surface area (Å²) in [6, 6.07) is 7.27. The van der Waals surface area contributed by atoms with E-state index in [1.165, 1.54) is 13.2 Å². The van der Waals surface area contributed by atoms with Crippen molar-refractivity contribution in [3.05, 3.63) is 56.6 Å². The summed E-state index contributed by atoms with van der Waals surface area (Å²) in [6.07, 6.45) is 0. The highest BCUT2D eigenvalue weighted by molar-refractivity contribution is 6.30. The molecule has 0 atom stereocenters. The third-order valence-corrected chi connectivity index (χ3v) is 3.91. The number of esters is 1. The normalized spacial score (nSPS) is 12.4. The molecule has 0 aromatic heterocycles. The SMILES string of the molecule is COc1ccc(Cl)cc1COC(=O)c1cc2c(cc1[N+](=O)[O-])OCCO2. The van der Waals surface area contributed by atoms with Crippen LogP contribution >= 0.6 is 11.6 Å². The van der Waals surface area contributed by atoms with Gasteiger partial charge in [-0.05, 0) is 18.2 Å². The van der Waals surface area contributed by atoms with Gasteiger partial charge >= 0.3 is 5.97 Å². The van der Waals surface area contributed by atoms with Gasteiger partial charge in [-0.2, -0.15) is 0 Å². The molecule has 0 spiro atoms. The fraction of sp³-hybridized carbons (Fsp3) is 0.235. The molecule has 0 unspecified atom stereocenters. The van der Waals surface area contributed by atoms with Gasteiger partial charge in [0.15, 0.2) is 11.5 Å². The Hall–Kier alpha value is -3.00. The second-order valence-electron chi connectivity index (χ2n) is 5.30. The van der Waals surface area contributed by atoms with Gasteiger partial charge in [0, 0.05) is 16.7 Å². The van der Waals surface area contributed by atoms with E-state index < -0.39 is 16.6 Å². The molecule has 1 aliphatic rings. The number of methoxy groups -OCH3 is 1. The minimum Gasteiger partial charge on any atom is -0.496 e. The summed E-state index contributed by atoms with van der Waals surface area (Å²) >= 11 is 5.94. The van der Waals surface area contributed by atoms with E-state index in [9.17, 15) is 14.9 Å². The summed E-state index contributed by atoms with van der Waals surface area (Å²) in [4.78, 5) is 23.0. The molecule has 9 heteroatoms. The lowest BCUT2D eigenvalue weighted by Crippen LogP contribution is -2.17. The van der Waals surface area contributed by atoms with Gasteiger partial charge in [-0.15, -0.1) is 0 Å². The quantitative estimate of drug-likeness (QED) is 0.446. The number of benzene rings is 2. The lowest BCUT2D eigenvalue weighted by molar-refractivity contribution is -0.385. The van der Waals surface area contributed by atoms with Crippen molar-refractivity contribution >= 4 is 23.3 Å². The van der Waals surface area contributed by atoms with Gasteiger partial charge in [-0.25, -0.2) is 4.79 Å². The number of ether oxygens (including phenoxy) is 4. The molecule has 1 heterocycles. The highest BCUT2D eigenvalue weighted by Crippen LogP contribution is 2.37. The minimum absolute atomic E-state index is 0.159. The molecule has 26 heavy (non-hydrogen) atoms. The molecule has 0 N–H and O–H groups in total. The minimum atomic E-state index is -0.865. The van der Waals surface area contributed by atoms with Crippen LogP contribution in [0.2, 0.25) is 5.02 Å². The molecule has 0 saturated heterocycles. The maximum absolute atomic E-state index is 12.4. The fourth-order valence-electron chi connectivity index (χ4n) is 2.47. The topological polar surface area (TPSA) is 97.1 Å². The third kappa shape index (κ3) is 3.65. The summed E-state index contributed by atoms with van der Waals surface area (Å²) in [6.45, 7) is 0.412. The van der Waals surface area contributed by atoms with Gasteiger partial charge in [0.1, 0.15) is 31.1 Å². The molecule has 0 saturated carbocycles. The Morgan fingerprint density at radius 1 is 1.23 bits per heavy atom. The second-order valence-corrected chi connectivity index (χ2v) is 5.74. The van der Waals surface area contributed by atoms with E-state index in [0.29, 0.717) is 22.9 Å². The van der Waals surface area contributed by atoms with Crippen molar-refractivity contribution in [2.75, 3.05) is 20.3 Å². The Balaban J connectivity index is 1.86. The van der Waals surface area contributed by atoms with Crippen molar-refractivity contribution in [3.63, 3.8) is 0 Å². The summed E-state index contributed by atoms with van der Waals surface area (Å²) in [7, 11) is 1.47. The van der Waals surface area contributed by atoms with Crippen molar-refractivity contribution in [2.45, 2.75) is 6.61 Å². The van der Waals surface area contributed by atoms with Crippen LogP contribution < -0.4 is 14.2 Å². The molecular weight excluding hydrogens is 366 g/mol. The third-order valence-electron chi connectivity index (χ3n) is 3.68. The largest absolute Gasteiger partial charge is 0.496 e. The molecule has 3 rings (SSSR count). The predicted molar refractivity (Wildman–Crippen MR) is 91.2 cm³/mol. The van der Waals surface area contributed by atoms with E-state index in [0.717, 1.165) is 6.07 Å². The summed E-state index contributed by atoms with van der Waals surface area (Å²) in [5.74, 6) is 0.0970. The Labute approximate surface area is 153 Å². The van der Waals surface area contributed by atoms with Crippen LogP contribution in [0.4, 0.5) is 5.69 Å². The number of halogens is 1. The molecule has 0 amide bonds. The summed E-state index contributed by atoms with van der Waals surface area (Å²) in [5.41, 5.74) is -0.105. The van der Waals surface area contributed by atoms with Crippen LogP contribution in [0.15, 0.2) is 30.3 Å². The molecule has 0 bridgehead atoms. The number of nitrogens with zero attached hydrogens (tertiary/aromatic N) is 1. The van der Waals surface area contributed by atoms with Crippen LogP contribution in [0, 0.1) is 10.1 Å². The highest BCUT2D eigenvalue weighted by Gasteiger charge is 2.27. The van der Waals surface area contributed by atoms with Crippen molar-refractivity contribution in [1.82, 2.24) is 0 Å². The lowest BCUT2D eigenvalue weighted by Gasteiger charge is -2.18. The van der Waals surface area contributed by atoms with Crippen molar-refractivity contribution in [2.24, 2.45) is 0 Å². The van der Waals surface area contributed by atoms with E-state index in [-0.39, 0.29) is 30.3 Å². The molecule has 0 fully saturated rings. The van der Waals surface area contributed by atoms with E-state index in [1.807, 2.05) is 0 Å². The maximum Gasteiger partial charge on any atom is 0.345 e. The van der Waals surface area contributed by atoms with Gasteiger partial charge < -0.3 is 18.9 Å². The fourth-order valence-corrected chi connectivity index (χ4v) is 2.67. The van der Waals surface area contributed by atoms with Gasteiger partial charge in [0.05, 0.1) is 18.1 Å². The van der Waals surface area contributed by atoms with Crippen LogP contribution in [0.25, 0.3) is 0 Å². The average Bonchev–Trinajstić information content (AvgIpc) is 2.65. The first-order valence-corrected chi connectivity index (χ1v) is 7.95. The number of nitro benzene ring substituents is 1. The maximum atomic E-state index is 12.4. The van der Waals surface area contributed by atoms with E-state index in [1.54, 1.807) is 18.2 Å². The molecule has 0 radical (unpaired) electrons. The number of hydrogen-bond donors (Lipinski definition) is 0. The number of hydrogen-bond acceptors (Lipinski definition) is 7. The Kier molecular flexibility index (Phi) is 5.13. The molecular formula is C17H14ClNO7. The average molecular weight is 380 g/mol. The van der Waals surface area contributed by atoms with Gasteiger partial charge in [0.2, 0.25) is 0 Å². The van der Waals surface area contributed by atoms with E-state index in [4.69, 9.17) is 30.5 Å². The van der Waals surface area contributed by atoms with E-state index in [2.05, 4.69) is 0 Å². The first-order chi connectivity index (χ1) is 12.5. The monoisotopic (exact) mass is 379 g/mol. The molecule has 136 valence electrons. The van der Waals surface area contributed by atoms with Crippen molar-refractivity contribution in [3.8, 4) is 17.2 Å². The second kappa shape index (κ2) is 7.49. The smallest absolute Gasteiger partial charge is 0.345 e. The van der Waals surface area contributed by atoms with Crippen molar-refractivity contribution < 1.29 is 28.7 Å². The number of nitro groups is 1. The van der Waals surface area contributed by atoms with Gasteiger partial charge in [0.25, 0.3) is 5.69 Å². The van der Waals surface area contributed by atoms with Crippen LogP contribution in [-0.4, -0.2) is 31.2 Å². The Bertz CT molecular complexity index is 868. The van der Waals surface area contributed by atoms with Crippen LogP contribution in [0.3, 0.4) is 0 Å². The zero-order valence-corrected chi connectivity index (χ0v) is 14.4. The molecule has 1 aliphatic heterocycles. The van der Waals surface area contributed by atoms with Crippen LogP contribution in [-0.2, 0) is 11.3 Å². The lowest BCUT2D eigenvalue weighted by atomic mass is 10.1.